The van der Waals surface area contributed by atoms with Crippen LogP contribution in [-0.4, -0.2) is 35.2 Å². The minimum atomic E-state index is -1.06. The maximum atomic E-state index is 13.7. The monoisotopic (exact) mass is 1130 g/mol. The molecule has 0 aromatic heterocycles. The van der Waals surface area contributed by atoms with Crippen LogP contribution in [0, 0.1) is 22.7 Å². The molecule has 0 radical (unpaired) electrons. The van der Waals surface area contributed by atoms with Crippen molar-refractivity contribution in [1.29, 1.82) is 0 Å². The fourth-order valence-electron chi connectivity index (χ4n) is 8.03. The highest BCUT2D eigenvalue weighted by molar-refractivity contribution is 9.19. The van der Waals surface area contributed by atoms with E-state index in [1.165, 1.54) is 11.1 Å². The minimum Gasteiger partial charge on any atom is -0.512 e. The van der Waals surface area contributed by atoms with Gasteiger partial charge in [0.05, 0.1) is 38.9 Å². The number of hydrogen-bond donors (Lipinski definition) is 1. The Labute approximate surface area is 347 Å². The van der Waals surface area contributed by atoms with Crippen molar-refractivity contribution >= 4 is 192 Å². The Kier molecular flexibility index (Phi) is 22.0. The summed E-state index contributed by atoms with van der Waals surface area (Å²) in [5.41, 5.74) is 1.29. The van der Waals surface area contributed by atoms with Gasteiger partial charge in [-0.15, -0.1) is 98.2 Å². The second-order valence-electron chi connectivity index (χ2n) is 13.8. The van der Waals surface area contributed by atoms with E-state index >= 15 is 0 Å². The Morgan fingerprint density at radius 1 is 0.824 bits per heavy atom. The second kappa shape index (κ2) is 21.6. The molecule has 4 rings (SSSR count). The Balaban J connectivity index is 2.05. The van der Waals surface area contributed by atoms with Crippen molar-refractivity contribution in [3.05, 3.63) is 22.5 Å². The predicted molar refractivity (Wildman–Crippen MR) is 294 cm³/mol. The Morgan fingerprint density at radius 2 is 1.39 bits per heavy atom. The number of rotatable bonds is 13. The smallest absolute Gasteiger partial charge is 0.509 e. The molecule has 1 saturated heterocycles. The topological polar surface area (TPSA) is 74.2 Å². The molecule has 1 aliphatic heterocycles. The third kappa shape index (κ3) is 10.9. The van der Waals surface area contributed by atoms with Gasteiger partial charge in [-0.05, 0) is 89.7 Å². The molecular formula is C22H55O6P23. The number of allylic oxidation sites excluding steroid dienone is 1. The number of fused-ring (bicyclic) bond motifs is 3. The molecule has 1 spiro atoms. The quantitative estimate of drug-likeness (QED) is 0.113. The van der Waals surface area contributed by atoms with Crippen LogP contribution in [0.4, 0.5) is 4.79 Å². The summed E-state index contributed by atoms with van der Waals surface area (Å²) in [6.45, 7) is 10.0. The van der Waals surface area contributed by atoms with Gasteiger partial charge >= 0.3 is 6.16 Å². The lowest BCUT2D eigenvalue weighted by Gasteiger charge is -2.60. The van der Waals surface area contributed by atoms with Gasteiger partial charge in [0.25, 0.3) is 0 Å². The Hall–Kier alpha value is 8.36. The molecule has 1 saturated carbocycles. The van der Waals surface area contributed by atoms with Gasteiger partial charge in [0.2, 0.25) is 0 Å². The summed E-state index contributed by atoms with van der Waals surface area (Å²) in [6, 6.07) is 0. The lowest BCUT2D eigenvalue weighted by atomic mass is 9.48. The first kappa shape index (κ1) is 52.0. The zero-order chi connectivity index (χ0) is 38.7. The maximum absolute atomic E-state index is 13.7. The first-order valence-corrected chi connectivity index (χ1v) is 55.8. The normalized spacial score (nSPS) is 35.1. The summed E-state index contributed by atoms with van der Waals surface area (Å²) in [7, 11) is 36.5. The fraction of sp³-hybridized carbons (Fsp3) is 0.773. The van der Waals surface area contributed by atoms with E-state index in [0.29, 0.717) is 12.2 Å². The SMILES string of the molecule is CC1=C(O)[C@H]2[C@@H]3OC(=O)O[C@]34C[C@H](OP(P(P)P(P)P)P(P(P)P)P(P)P)C(C)=C([C@H](OP(P(P)P)P(PP)P(P)P)C[C@]2(C)[C@@H](C)C1)C4(C)C. The number of aliphatic hydroxyl groups is 1. The van der Waals surface area contributed by atoms with Gasteiger partial charge in [-0.25, -0.2) is 4.79 Å². The summed E-state index contributed by atoms with van der Waals surface area (Å²) < 4.78 is 28.4. The molecule has 0 aromatic carbocycles. The van der Waals surface area contributed by atoms with E-state index < -0.39 is 70.6 Å². The lowest BCUT2D eigenvalue weighted by Crippen LogP contribution is -2.66. The van der Waals surface area contributed by atoms with E-state index in [9.17, 15) is 9.90 Å². The van der Waals surface area contributed by atoms with Crippen LogP contribution in [-0.2, 0) is 18.5 Å². The van der Waals surface area contributed by atoms with Gasteiger partial charge in [-0.2, -0.15) is 0 Å². The van der Waals surface area contributed by atoms with Crippen LogP contribution in [0.1, 0.15) is 60.8 Å². The minimum absolute atomic E-state index is 0.230. The van der Waals surface area contributed by atoms with Gasteiger partial charge < -0.3 is 23.6 Å². The lowest BCUT2D eigenvalue weighted by molar-refractivity contribution is -0.147. The van der Waals surface area contributed by atoms with Crippen LogP contribution < -0.4 is 0 Å². The van der Waals surface area contributed by atoms with Crippen molar-refractivity contribution in [2.75, 3.05) is 0 Å². The molecule has 4 aliphatic rings. The van der Waals surface area contributed by atoms with Crippen molar-refractivity contribution in [2.45, 2.75) is 84.7 Å². The van der Waals surface area contributed by atoms with Crippen LogP contribution in [0.2, 0.25) is 0 Å². The number of carbonyl (C=O) groups is 1. The summed E-state index contributed by atoms with van der Waals surface area (Å²) >= 11 is 0. The molecule has 17 unspecified atom stereocenters. The second-order valence-corrected chi connectivity index (χ2v) is 97.0. The van der Waals surface area contributed by atoms with Gasteiger partial charge in [0.15, 0.2) is 11.7 Å². The standard InChI is InChI=1S/C22H55O6P23/c1-10-7-11(2)21(6)8-14(28-42(44(30)31)50(41-29)46(34)35)15-12(3)13(27-43(49(40)45(32)33)51(47(36)37)48(38)39)9-22(20(15,4)5)18(16(21)17(10)23)25-19(24)26-22/h11,13-14,16,18,23,41H,7-9,29-40H2,1-6H3/t11-,13-,14+,16-,18-,21+,22+,42?,43?,49?,50?/m0/s1. The van der Waals surface area contributed by atoms with E-state index in [4.69, 9.17) is 18.5 Å². The number of carbonyl (C=O) groups excluding carboxylic acids is 1. The Bertz CT molecular complexity index is 1340. The van der Waals surface area contributed by atoms with Crippen molar-refractivity contribution in [3.63, 3.8) is 0 Å². The summed E-state index contributed by atoms with van der Waals surface area (Å²) in [6.07, 6.45) is 0.190. The zero-order valence-electron chi connectivity index (χ0n) is 29.4. The molecule has 29 heteroatoms. The summed E-state index contributed by atoms with van der Waals surface area (Å²) in [5, 5.41) is 12.2. The number of aliphatic hydroxyl groups excluding tert-OH is 1. The van der Waals surface area contributed by atoms with Crippen molar-refractivity contribution < 1.29 is 28.4 Å². The van der Waals surface area contributed by atoms with E-state index in [1.54, 1.807) is 0 Å². The summed E-state index contributed by atoms with van der Waals surface area (Å²) in [5.74, 6) is 0.165. The molecule has 2 bridgehead atoms. The van der Waals surface area contributed by atoms with Gasteiger partial charge in [0.1, 0.15) is 0 Å². The van der Waals surface area contributed by atoms with Crippen LogP contribution in [0.5, 0.6) is 0 Å². The average Bonchev–Trinajstić information content (AvgIpc) is 3.33. The predicted octanol–water partition coefficient (Wildman–Crippen LogP) is 17.7. The Morgan fingerprint density at radius 3 is 1.88 bits per heavy atom. The van der Waals surface area contributed by atoms with Gasteiger partial charge in [0, 0.05) is 32.8 Å². The molecule has 294 valence electrons. The fourth-order valence-corrected chi connectivity index (χ4v) is 170. The van der Waals surface area contributed by atoms with Crippen molar-refractivity contribution in [2.24, 2.45) is 22.7 Å². The molecular weight excluding hydrogens is 1070 g/mol. The summed E-state index contributed by atoms with van der Waals surface area (Å²) in [4.78, 5) is 13.7. The van der Waals surface area contributed by atoms with E-state index in [-0.39, 0.29) is 53.1 Å². The molecule has 24 atom stereocenters. The van der Waals surface area contributed by atoms with Crippen molar-refractivity contribution in [1.82, 2.24) is 0 Å². The van der Waals surface area contributed by atoms with E-state index in [1.807, 2.05) is 6.92 Å². The highest BCUT2D eigenvalue weighted by Gasteiger charge is 2.72. The number of ether oxygens (including phenoxy) is 2. The average molecular weight is 1130 g/mol. The first-order chi connectivity index (χ1) is 23.5. The maximum Gasteiger partial charge on any atom is 0.509 e. The largest absolute Gasteiger partial charge is 0.512 e. The van der Waals surface area contributed by atoms with Gasteiger partial charge in [-0.1, -0.05) is 44.6 Å². The highest BCUT2D eigenvalue weighted by atomic mass is 33.2. The molecule has 1 N–H and O–H groups in total. The van der Waals surface area contributed by atoms with Crippen LogP contribution in [0.15, 0.2) is 22.5 Å². The highest BCUT2D eigenvalue weighted by Crippen LogP contribution is 3.18. The van der Waals surface area contributed by atoms with Crippen LogP contribution >= 0.6 is 186 Å². The van der Waals surface area contributed by atoms with Crippen molar-refractivity contribution in [3.8, 4) is 0 Å². The number of hydrogen-bond acceptors (Lipinski definition) is 6. The molecule has 6 nitrogen and oxygen atoms in total. The molecule has 0 amide bonds. The molecule has 51 heavy (non-hydrogen) atoms. The third-order valence-electron chi connectivity index (χ3n) is 10.6. The zero-order valence-corrected chi connectivity index (χ0v) is 53.2. The van der Waals surface area contributed by atoms with Crippen LogP contribution in [0.25, 0.3) is 0 Å². The molecule has 0 aromatic rings. The van der Waals surface area contributed by atoms with E-state index in [2.05, 4.69) is 142 Å². The molecule has 3 aliphatic carbocycles. The first-order valence-electron chi connectivity index (χ1n) is 15.5. The van der Waals surface area contributed by atoms with E-state index in [0.717, 1.165) is 26.4 Å². The molecule has 2 fully saturated rings. The third-order valence-corrected chi connectivity index (χ3v) is 129. The van der Waals surface area contributed by atoms with Crippen LogP contribution in [0.3, 0.4) is 0 Å². The van der Waals surface area contributed by atoms with Gasteiger partial charge in [-0.3, -0.25) is 0 Å². The molecule has 1 heterocycles.